The maximum Gasteiger partial charge on any atom is 0.151 e. The molecule has 1 unspecified atom stereocenters. The number of hydrogen-bond acceptors (Lipinski definition) is 4. The molecule has 0 saturated carbocycles. The summed E-state index contributed by atoms with van der Waals surface area (Å²) < 4.78 is 28.3. The normalized spacial score (nSPS) is 22.1. The van der Waals surface area contributed by atoms with Crippen LogP contribution in [-0.2, 0) is 16.4 Å². The van der Waals surface area contributed by atoms with Gasteiger partial charge < -0.3 is 10.1 Å². The van der Waals surface area contributed by atoms with Gasteiger partial charge in [-0.2, -0.15) is 0 Å². The van der Waals surface area contributed by atoms with E-state index < -0.39 is 9.84 Å². The fourth-order valence-electron chi connectivity index (χ4n) is 2.50. The summed E-state index contributed by atoms with van der Waals surface area (Å²) >= 11 is 0. The second-order valence-electron chi connectivity index (χ2n) is 5.14. The smallest absolute Gasteiger partial charge is 0.151 e. The molecule has 0 spiro atoms. The highest BCUT2D eigenvalue weighted by atomic mass is 32.2. The molecule has 2 rings (SSSR count). The van der Waals surface area contributed by atoms with E-state index in [2.05, 4.69) is 11.4 Å². The van der Waals surface area contributed by atoms with Crippen molar-refractivity contribution in [3.8, 4) is 5.75 Å². The summed E-state index contributed by atoms with van der Waals surface area (Å²) in [4.78, 5) is 0. The molecule has 1 saturated heterocycles. The van der Waals surface area contributed by atoms with Crippen molar-refractivity contribution in [2.24, 2.45) is 0 Å². The van der Waals surface area contributed by atoms with Gasteiger partial charge in [0.25, 0.3) is 0 Å². The lowest BCUT2D eigenvalue weighted by Crippen LogP contribution is -2.39. The van der Waals surface area contributed by atoms with E-state index in [1.54, 1.807) is 7.11 Å². The predicted molar refractivity (Wildman–Crippen MR) is 76.2 cm³/mol. The predicted octanol–water partition coefficient (Wildman–Crippen LogP) is 1.67. The molecule has 0 aromatic heterocycles. The van der Waals surface area contributed by atoms with Crippen LogP contribution in [0.3, 0.4) is 0 Å². The van der Waals surface area contributed by atoms with Crippen LogP contribution < -0.4 is 10.1 Å². The third-order valence-electron chi connectivity index (χ3n) is 3.52. The number of aryl methyl sites for hydroxylation is 1. The summed E-state index contributed by atoms with van der Waals surface area (Å²) in [5, 5.41) is 3.34. The lowest BCUT2D eigenvalue weighted by atomic mass is 10.1. The summed E-state index contributed by atoms with van der Waals surface area (Å²) in [5.74, 6) is 1.48. The molecule has 1 aliphatic rings. The van der Waals surface area contributed by atoms with Gasteiger partial charge in [-0.25, -0.2) is 8.42 Å². The fourth-order valence-corrected chi connectivity index (χ4v) is 4.17. The van der Waals surface area contributed by atoms with Crippen LogP contribution in [0.1, 0.15) is 24.0 Å². The zero-order valence-corrected chi connectivity index (χ0v) is 12.3. The van der Waals surface area contributed by atoms with E-state index in [0.717, 1.165) is 29.7 Å². The molecule has 1 heterocycles. The first-order chi connectivity index (χ1) is 9.00. The molecule has 0 radical (unpaired) electrons. The lowest BCUT2D eigenvalue weighted by molar-refractivity contribution is 0.411. The molecule has 5 heteroatoms. The van der Waals surface area contributed by atoms with Crippen LogP contribution >= 0.6 is 0 Å². The molecule has 0 bridgehead atoms. The van der Waals surface area contributed by atoms with Gasteiger partial charge in [-0.05, 0) is 37.0 Å². The van der Waals surface area contributed by atoms with E-state index >= 15 is 0 Å². The molecule has 1 atom stereocenters. The Labute approximate surface area is 115 Å². The van der Waals surface area contributed by atoms with E-state index in [-0.39, 0.29) is 11.8 Å². The van der Waals surface area contributed by atoms with Crippen LogP contribution in [0.4, 0.5) is 0 Å². The topological polar surface area (TPSA) is 55.4 Å². The number of hydrogen-bond donors (Lipinski definition) is 1. The second-order valence-corrected chi connectivity index (χ2v) is 7.37. The Balaban J connectivity index is 1.93. The van der Waals surface area contributed by atoms with Crippen molar-refractivity contribution in [3.63, 3.8) is 0 Å². The molecule has 19 heavy (non-hydrogen) atoms. The summed E-state index contributed by atoms with van der Waals surface area (Å²) in [5.41, 5.74) is 2.25. The Kier molecular flexibility index (Phi) is 4.47. The zero-order valence-electron chi connectivity index (χ0n) is 11.5. The van der Waals surface area contributed by atoms with E-state index in [0.29, 0.717) is 12.3 Å². The third-order valence-corrected chi connectivity index (χ3v) is 5.34. The van der Waals surface area contributed by atoms with Crippen molar-refractivity contribution in [2.45, 2.75) is 32.4 Å². The Morgan fingerprint density at radius 2 is 2.21 bits per heavy atom. The van der Waals surface area contributed by atoms with Crippen LogP contribution in [0.2, 0.25) is 0 Å². The SMILES string of the molecule is COc1ccc(CNC2CCCS(=O)(=O)C2)cc1C. The average molecular weight is 283 g/mol. The number of methoxy groups -OCH3 is 1. The minimum atomic E-state index is -2.84. The maximum atomic E-state index is 11.6. The first kappa shape index (κ1) is 14.3. The van der Waals surface area contributed by atoms with Gasteiger partial charge in [0.2, 0.25) is 0 Å². The standard InChI is InChI=1S/C14H21NO3S/c1-11-8-12(5-6-14(11)18-2)9-15-13-4-3-7-19(16,17)10-13/h5-6,8,13,15H,3-4,7,9-10H2,1-2H3. The maximum absolute atomic E-state index is 11.6. The Morgan fingerprint density at radius 3 is 2.84 bits per heavy atom. The molecule has 0 amide bonds. The van der Waals surface area contributed by atoms with E-state index in [4.69, 9.17) is 4.74 Å². The third kappa shape index (κ3) is 3.94. The number of sulfone groups is 1. The largest absolute Gasteiger partial charge is 0.496 e. The number of nitrogens with one attached hydrogen (secondary N) is 1. The summed E-state index contributed by atoms with van der Waals surface area (Å²) in [6.45, 7) is 2.71. The fraction of sp³-hybridized carbons (Fsp3) is 0.571. The lowest BCUT2D eigenvalue weighted by Gasteiger charge is -2.23. The number of rotatable bonds is 4. The first-order valence-corrected chi connectivity index (χ1v) is 8.39. The highest BCUT2D eigenvalue weighted by molar-refractivity contribution is 7.91. The van der Waals surface area contributed by atoms with Crippen molar-refractivity contribution in [2.75, 3.05) is 18.6 Å². The molecule has 1 aromatic carbocycles. The average Bonchev–Trinajstić information content (AvgIpc) is 2.35. The van der Waals surface area contributed by atoms with Gasteiger partial charge >= 0.3 is 0 Å². The van der Waals surface area contributed by atoms with Crippen LogP contribution in [-0.4, -0.2) is 33.1 Å². The Bertz CT molecular complexity index is 540. The van der Waals surface area contributed by atoms with Gasteiger partial charge in [0.15, 0.2) is 9.84 Å². The minimum absolute atomic E-state index is 0.0844. The highest BCUT2D eigenvalue weighted by Gasteiger charge is 2.24. The summed E-state index contributed by atoms with van der Waals surface area (Å²) in [7, 11) is -1.18. The second kappa shape index (κ2) is 5.92. The van der Waals surface area contributed by atoms with Crippen molar-refractivity contribution in [3.05, 3.63) is 29.3 Å². The van der Waals surface area contributed by atoms with Gasteiger partial charge in [0.1, 0.15) is 5.75 Å². The van der Waals surface area contributed by atoms with Gasteiger partial charge in [0.05, 0.1) is 18.6 Å². The monoisotopic (exact) mass is 283 g/mol. The van der Waals surface area contributed by atoms with E-state index in [1.807, 2.05) is 19.1 Å². The van der Waals surface area contributed by atoms with Crippen molar-refractivity contribution in [1.82, 2.24) is 5.32 Å². The molecular weight excluding hydrogens is 262 g/mol. The first-order valence-electron chi connectivity index (χ1n) is 6.57. The Morgan fingerprint density at radius 1 is 1.42 bits per heavy atom. The molecule has 1 fully saturated rings. The summed E-state index contributed by atoms with van der Waals surface area (Å²) in [6, 6.07) is 6.12. The molecule has 1 aliphatic heterocycles. The molecule has 1 N–H and O–H groups in total. The molecule has 0 aliphatic carbocycles. The van der Waals surface area contributed by atoms with Gasteiger partial charge in [-0.1, -0.05) is 12.1 Å². The Hall–Kier alpha value is -1.07. The van der Waals surface area contributed by atoms with Crippen LogP contribution in [0, 0.1) is 6.92 Å². The molecular formula is C14H21NO3S. The van der Waals surface area contributed by atoms with Crippen LogP contribution in [0.25, 0.3) is 0 Å². The van der Waals surface area contributed by atoms with Crippen molar-refractivity contribution >= 4 is 9.84 Å². The molecule has 1 aromatic rings. The van der Waals surface area contributed by atoms with E-state index in [9.17, 15) is 8.42 Å². The van der Waals surface area contributed by atoms with Gasteiger partial charge in [-0.15, -0.1) is 0 Å². The highest BCUT2D eigenvalue weighted by Crippen LogP contribution is 2.19. The van der Waals surface area contributed by atoms with Crippen molar-refractivity contribution in [1.29, 1.82) is 0 Å². The number of ether oxygens (including phenoxy) is 1. The molecule has 106 valence electrons. The van der Waals surface area contributed by atoms with Crippen molar-refractivity contribution < 1.29 is 13.2 Å². The van der Waals surface area contributed by atoms with Crippen LogP contribution in [0.5, 0.6) is 5.75 Å². The quantitative estimate of drug-likeness (QED) is 0.913. The summed E-state index contributed by atoms with van der Waals surface area (Å²) in [6.07, 6.45) is 1.70. The van der Waals surface area contributed by atoms with Gasteiger partial charge in [-0.3, -0.25) is 0 Å². The minimum Gasteiger partial charge on any atom is -0.496 e. The zero-order chi connectivity index (χ0) is 13.9. The molecule has 4 nitrogen and oxygen atoms in total. The van der Waals surface area contributed by atoms with Gasteiger partial charge in [0, 0.05) is 12.6 Å². The van der Waals surface area contributed by atoms with E-state index in [1.165, 1.54) is 0 Å². The van der Waals surface area contributed by atoms with Crippen LogP contribution in [0.15, 0.2) is 18.2 Å². The number of benzene rings is 1.